The summed E-state index contributed by atoms with van der Waals surface area (Å²) in [5.74, 6) is 0.847. The van der Waals surface area contributed by atoms with E-state index in [4.69, 9.17) is 0 Å². The molecule has 2 N–H and O–H groups in total. The molecule has 6 heteroatoms. The number of nitrogens with one attached hydrogen (secondary N) is 2. The van der Waals surface area contributed by atoms with Crippen molar-refractivity contribution < 1.29 is 0 Å². The van der Waals surface area contributed by atoms with Crippen LogP contribution in [-0.2, 0) is 6.54 Å². The van der Waals surface area contributed by atoms with Crippen LogP contribution in [0.4, 0.5) is 0 Å². The van der Waals surface area contributed by atoms with Gasteiger partial charge in [-0.3, -0.25) is 9.78 Å². The SMILES string of the molecule is CCn1cc(C(C)NC(C)c2ncn[nH]2)cn1. The molecule has 0 aliphatic carbocycles. The van der Waals surface area contributed by atoms with E-state index in [0.717, 1.165) is 12.4 Å². The smallest absolute Gasteiger partial charge is 0.141 e. The van der Waals surface area contributed by atoms with Gasteiger partial charge in [-0.15, -0.1) is 0 Å². The van der Waals surface area contributed by atoms with E-state index in [1.165, 1.54) is 11.9 Å². The lowest BCUT2D eigenvalue weighted by Gasteiger charge is -2.16. The summed E-state index contributed by atoms with van der Waals surface area (Å²) in [5.41, 5.74) is 1.18. The number of rotatable bonds is 5. The molecule has 17 heavy (non-hydrogen) atoms. The van der Waals surface area contributed by atoms with Gasteiger partial charge in [-0.2, -0.15) is 10.2 Å². The molecule has 2 heterocycles. The Morgan fingerprint density at radius 1 is 1.41 bits per heavy atom. The zero-order valence-electron chi connectivity index (χ0n) is 10.4. The van der Waals surface area contributed by atoms with Crippen molar-refractivity contribution in [2.24, 2.45) is 0 Å². The molecule has 0 aliphatic rings. The molecular formula is C11H18N6. The Morgan fingerprint density at radius 3 is 2.82 bits per heavy atom. The quantitative estimate of drug-likeness (QED) is 0.821. The van der Waals surface area contributed by atoms with Crippen LogP contribution in [-0.4, -0.2) is 25.0 Å². The highest BCUT2D eigenvalue weighted by atomic mass is 15.3. The average Bonchev–Trinajstić information content (AvgIpc) is 3.00. The van der Waals surface area contributed by atoms with Gasteiger partial charge in [0.05, 0.1) is 12.2 Å². The van der Waals surface area contributed by atoms with Gasteiger partial charge in [-0.1, -0.05) is 0 Å². The van der Waals surface area contributed by atoms with E-state index in [2.05, 4.69) is 52.6 Å². The van der Waals surface area contributed by atoms with Gasteiger partial charge in [0.1, 0.15) is 12.2 Å². The fraction of sp³-hybridized carbons (Fsp3) is 0.545. The summed E-state index contributed by atoms with van der Waals surface area (Å²) < 4.78 is 1.92. The first kappa shape index (κ1) is 11.8. The molecule has 92 valence electrons. The van der Waals surface area contributed by atoms with Gasteiger partial charge >= 0.3 is 0 Å². The monoisotopic (exact) mass is 234 g/mol. The molecule has 0 fully saturated rings. The van der Waals surface area contributed by atoms with E-state index in [-0.39, 0.29) is 12.1 Å². The van der Waals surface area contributed by atoms with Crippen LogP contribution in [0, 0.1) is 0 Å². The van der Waals surface area contributed by atoms with Gasteiger partial charge < -0.3 is 5.32 Å². The second kappa shape index (κ2) is 5.09. The predicted octanol–water partition coefficient (Wildman–Crippen LogP) is 1.43. The molecule has 0 aliphatic heterocycles. The summed E-state index contributed by atoms with van der Waals surface area (Å²) in [6.45, 7) is 7.14. The molecule has 0 spiro atoms. The van der Waals surface area contributed by atoms with Crippen LogP contribution in [0.1, 0.15) is 44.2 Å². The first-order valence-corrected chi connectivity index (χ1v) is 5.84. The molecule has 2 unspecified atom stereocenters. The summed E-state index contributed by atoms with van der Waals surface area (Å²) >= 11 is 0. The van der Waals surface area contributed by atoms with Gasteiger partial charge in [0.25, 0.3) is 0 Å². The Morgan fingerprint density at radius 2 is 2.24 bits per heavy atom. The second-order valence-corrected chi connectivity index (χ2v) is 4.11. The highest BCUT2D eigenvalue weighted by molar-refractivity contribution is 5.10. The Kier molecular flexibility index (Phi) is 3.53. The van der Waals surface area contributed by atoms with Gasteiger partial charge in [0, 0.05) is 24.3 Å². The maximum atomic E-state index is 4.27. The lowest BCUT2D eigenvalue weighted by molar-refractivity contribution is 0.477. The van der Waals surface area contributed by atoms with Crippen molar-refractivity contribution in [1.82, 2.24) is 30.3 Å². The molecule has 0 aromatic carbocycles. The van der Waals surface area contributed by atoms with Crippen LogP contribution < -0.4 is 5.32 Å². The van der Waals surface area contributed by atoms with Crippen LogP contribution >= 0.6 is 0 Å². The van der Waals surface area contributed by atoms with Crippen molar-refractivity contribution in [2.75, 3.05) is 0 Å². The van der Waals surface area contributed by atoms with Crippen LogP contribution in [0.15, 0.2) is 18.7 Å². The Hall–Kier alpha value is -1.69. The number of aromatic nitrogens is 5. The van der Waals surface area contributed by atoms with Crippen LogP contribution in [0.2, 0.25) is 0 Å². The van der Waals surface area contributed by atoms with E-state index in [1.807, 2.05) is 10.9 Å². The van der Waals surface area contributed by atoms with Crippen molar-refractivity contribution in [3.05, 3.63) is 30.1 Å². The third kappa shape index (κ3) is 2.71. The Bertz CT molecular complexity index is 446. The molecule has 0 saturated carbocycles. The molecule has 6 nitrogen and oxygen atoms in total. The molecule has 2 aromatic rings. The van der Waals surface area contributed by atoms with Crippen molar-refractivity contribution in [3.63, 3.8) is 0 Å². The van der Waals surface area contributed by atoms with Crippen LogP contribution in [0.25, 0.3) is 0 Å². The fourth-order valence-electron chi connectivity index (χ4n) is 1.75. The van der Waals surface area contributed by atoms with E-state index in [0.29, 0.717) is 0 Å². The Balaban J connectivity index is 1.99. The van der Waals surface area contributed by atoms with E-state index in [9.17, 15) is 0 Å². The first-order chi connectivity index (χ1) is 8.20. The number of aromatic amines is 1. The summed E-state index contributed by atoms with van der Waals surface area (Å²) in [5, 5.41) is 14.4. The number of nitrogens with zero attached hydrogens (tertiary/aromatic N) is 4. The minimum Gasteiger partial charge on any atom is -0.301 e. The van der Waals surface area contributed by atoms with Gasteiger partial charge in [-0.05, 0) is 20.8 Å². The maximum Gasteiger partial charge on any atom is 0.141 e. The molecule has 0 bridgehead atoms. The second-order valence-electron chi connectivity index (χ2n) is 4.11. The molecule has 0 amide bonds. The van der Waals surface area contributed by atoms with Crippen LogP contribution in [0.5, 0.6) is 0 Å². The summed E-state index contributed by atoms with van der Waals surface area (Å²) in [6.07, 6.45) is 5.48. The summed E-state index contributed by atoms with van der Waals surface area (Å²) in [6, 6.07) is 0.368. The minimum atomic E-state index is 0.137. The van der Waals surface area contributed by atoms with Gasteiger partial charge in [-0.25, -0.2) is 4.98 Å². The standard InChI is InChI=1S/C11H18N6/c1-4-17-6-10(5-14-17)8(2)15-9(3)11-12-7-13-16-11/h5-9,15H,4H2,1-3H3,(H,12,13,16). The number of hydrogen-bond acceptors (Lipinski definition) is 4. The van der Waals surface area contributed by atoms with Crippen molar-refractivity contribution >= 4 is 0 Å². The van der Waals surface area contributed by atoms with Crippen molar-refractivity contribution in [1.29, 1.82) is 0 Å². The predicted molar refractivity (Wildman–Crippen MR) is 64.2 cm³/mol. The zero-order valence-corrected chi connectivity index (χ0v) is 10.4. The number of hydrogen-bond donors (Lipinski definition) is 2. The van der Waals surface area contributed by atoms with Gasteiger partial charge in [0.2, 0.25) is 0 Å². The largest absolute Gasteiger partial charge is 0.301 e. The normalized spacial score (nSPS) is 14.8. The van der Waals surface area contributed by atoms with Gasteiger partial charge in [0.15, 0.2) is 0 Å². The molecule has 2 atom stereocenters. The molecular weight excluding hydrogens is 216 g/mol. The molecule has 2 rings (SSSR count). The van der Waals surface area contributed by atoms with Crippen molar-refractivity contribution in [3.8, 4) is 0 Å². The van der Waals surface area contributed by atoms with E-state index < -0.39 is 0 Å². The van der Waals surface area contributed by atoms with Crippen molar-refractivity contribution in [2.45, 2.75) is 39.4 Å². The van der Waals surface area contributed by atoms with E-state index >= 15 is 0 Å². The average molecular weight is 234 g/mol. The van der Waals surface area contributed by atoms with Crippen LogP contribution in [0.3, 0.4) is 0 Å². The third-order valence-electron chi connectivity index (χ3n) is 2.82. The first-order valence-electron chi connectivity index (χ1n) is 5.84. The summed E-state index contributed by atoms with van der Waals surface area (Å²) in [7, 11) is 0. The number of H-pyrrole nitrogens is 1. The third-order valence-corrected chi connectivity index (χ3v) is 2.82. The highest BCUT2D eigenvalue weighted by Gasteiger charge is 2.14. The fourth-order valence-corrected chi connectivity index (χ4v) is 1.75. The maximum absolute atomic E-state index is 4.27. The topological polar surface area (TPSA) is 71.4 Å². The Labute approximate surface area is 100 Å². The molecule has 0 radical (unpaired) electrons. The lowest BCUT2D eigenvalue weighted by Crippen LogP contribution is -2.23. The zero-order chi connectivity index (χ0) is 12.3. The lowest BCUT2D eigenvalue weighted by atomic mass is 10.1. The highest BCUT2D eigenvalue weighted by Crippen LogP contribution is 2.16. The molecule has 0 saturated heterocycles. The summed E-state index contributed by atoms with van der Waals surface area (Å²) in [4.78, 5) is 4.13. The minimum absolute atomic E-state index is 0.137. The number of aryl methyl sites for hydroxylation is 1. The van der Waals surface area contributed by atoms with E-state index in [1.54, 1.807) is 0 Å². The molecule has 2 aromatic heterocycles.